The molecular weight excluding hydrogens is 294 g/mol. The Kier molecular flexibility index (Phi) is 17.8. The smallest absolute Gasteiger partial charge is 0.344 e. The molecule has 0 heterocycles. The largest absolute Gasteiger partial charge is 0.426 e. The lowest BCUT2D eigenvalue weighted by Crippen LogP contribution is -2.11. The Morgan fingerprint density at radius 3 is 1.71 bits per heavy atom. The van der Waals surface area contributed by atoms with E-state index in [1.54, 1.807) is 6.92 Å². The van der Waals surface area contributed by atoms with Crippen molar-refractivity contribution < 1.29 is 21.8 Å². The van der Waals surface area contributed by atoms with E-state index in [0.29, 0.717) is 0 Å². The molecule has 0 amide bonds. The fraction of sp³-hybridized carbons (Fsp3) is 1.00. The topological polar surface area (TPSA) is 96.8 Å². The van der Waals surface area contributed by atoms with Crippen molar-refractivity contribution in [2.75, 3.05) is 13.2 Å². The summed E-state index contributed by atoms with van der Waals surface area (Å²) in [6.45, 7) is 4.19. The summed E-state index contributed by atoms with van der Waals surface area (Å²) in [6.07, 6.45) is 12.0. The van der Waals surface area contributed by atoms with Crippen molar-refractivity contribution in [3.63, 3.8) is 0 Å². The van der Waals surface area contributed by atoms with Crippen LogP contribution in [0.1, 0.15) is 78.1 Å². The van der Waals surface area contributed by atoms with Crippen molar-refractivity contribution in [3.05, 3.63) is 0 Å². The molecule has 0 saturated carbocycles. The Labute approximate surface area is 130 Å². The minimum Gasteiger partial charge on any atom is -0.344 e. The normalized spacial score (nSPS) is 11.3. The molecule has 0 aromatic rings. The van der Waals surface area contributed by atoms with Crippen LogP contribution in [-0.4, -0.2) is 21.6 Å². The van der Waals surface area contributed by atoms with Crippen molar-refractivity contribution in [1.82, 2.24) is 6.15 Å². The third-order valence-electron chi connectivity index (χ3n) is 2.97. The summed E-state index contributed by atoms with van der Waals surface area (Å²) in [5.74, 6) is 0. The van der Waals surface area contributed by atoms with Crippen LogP contribution in [-0.2, 0) is 23.8 Å². The van der Waals surface area contributed by atoms with E-state index < -0.39 is 10.4 Å². The van der Waals surface area contributed by atoms with Crippen LogP contribution >= 0.6 is 0 Å². The van der Waals surface area contributed by atoms with Crippen LogP contribution in [0.5, 0.6) is 0 Å². The van der Waals surface area contributed by atoms with Gasteiger partial charge < -0.3 is 6.15 Å². The Hall–Kier alpha value is -0.210. The maximum absolute atomic E-state index is 11.1. The minimum absolute atomic E-state index is 0. The Balaban J connectivity index is 0. The van der Waals surface area contributed by atoms with Gasteiger partial charge in [0.25, 0.3) is 0 Å². The maximum Gasteiger partial charge on any atom is 0.426 e. The van der Waals surface area contributed by atoms with Crippen molar-refractivity contribution in [2.45, 2.75) is 78.1 Å². The zero-order chi connectivity index (χ0) is 15.1. The predicted octanol–water partition coefficient (Wildman–Crippen LogP) is 4.30. The SMILES string of the molecule is CCCCCCCCCCCCOS(=O)(=O)OOCC.N. The van der Waals surface area contributed by atoms with Gasteiger partial charge in [0, 0.05) is 0 Å². The molecule has 0 aliphatic rings. The van der Waals surface area contributed by atoms with Crippen LogP contribution in [0.3, 0.4) is 0 Å². The van der Waals surface area contributed by atoms with Gasteiger partial charge in [0.15, 0.2) is 0 Å². The molecule has 0 unspecified atom stereocenters. The number of rotatable bonds is 15. The predicted molar refractivity (Wildman–Crippen MR) is 84.4 cm³/mol. The van der Waals surface area contributed by atoms with Crippen molar-refractivity contribution >= 4 is 10.4 Å². The quantitative estimate of drug-likeness (QED) is 0.273. The van der Waals surface area contributed by atoms with Gasteiger partial charge in [-0.15, -0.1) is 0 Å². The first-order valence-corrected chi connectivity index (χ1v) is 9.16. The van der Waals surface area contributed by atoms with Crippen LogP contribution < -0.4 is 6.15 Å². The standard InChI is InChI=1S/C14H30O5S.H3N/c1-3-5-6-7-8-9-10-11-12-13-14-18-20(15,16)19-17-4-2;/h3-14H2,1-2H3;1H3. The van der Waals surface area contributed by atoms with Gasteiger partial charge in [-0.05, 0) is 13.3 Å². The zero-order valence-electron chi connectivity index (χ0n) is 13.6. The third kappa shape index (κ3) is 17.7. The van der Waals surface area contributed by atoms with Gasteiger partial charge in [-0.1, -0.05) is 69.0 Å². The highest BCUT2D eigenvalue weighted by atomic mass is 32.3. The Morgan fingerprint density at radius 2 is 1.24 bits per heavy atom. The van der Waals surface area contributed by atoms with Gasteiger partial charge in [0.2, 0.25) is 0 Å². The van der Waals surface area contributed by atoms with E-state index in [-0.39, 0.29) is 19.4 Å². The molecule has 0 spiro atoms. The summed E-state index contributed by atoms with van der Waals surface area (Å²) in [7, 11) is -3.98. The molecule has 0 saturated heterocycles. The Morgan fingerprint density at radius 1 is 0.762 bits per heavy atom. The van der Waals surface area contributed by atoms with Gasteiger partial charge >= 0.3 is 10.4 Å². The summed E-state index contributed by atoms with van der Waals surface area (Å²) < 4.78 is 30.9. The molecule has 21 heavy (non-hydrogen) atoms. The number of hydrogen-bond donors (Lipinski definition) is 1. The van der Waals surface area contributed by atoms with Crippen molar-refractivity contribution in [3.8, 4) is 0 Å². The Bertz CT molecular complexity index is 296. The van der Waals surface area contributed by atoms with Crippen LogP contribution in [0.15, 0.2) is 0 Å². The lowest BCUT2D eigenvalue weighted by Gasteiger charge is -2.04. The third-order valence-corrected chi connectivity index (χ3v) is 3.69. The average Bonchev–Trinajstić information content (AvgIpc) is 2.42. The van der Waals surface area contributed by atoms with Crippen molar-refractivity contribution in [1.29, 1.82) is 0 Å². The van der Waals surface area contributed by atoms with E-state index in [2.05, 4.69) is 20.3 Å². The fourth-order valence-corrected chi connectivity index (χ4v) is 2.45. The second kappa shape index (κ2) is 16.2. The summed E-state index contributed by atoms with van der Waals surface area (Å²) in [6, 6.07) is 0. The van der Waals surface area contributed by atoms with E-state index >= 15 is 0 Å². The van der Waals surface area contributed by atoms with Gasteiger partial charge in [-0.3, -0.25) is 0 Å². The first-order chi connectivity index (χ1) is 9.62. The molecule has 0 atom stereocenters. The second-order valence-corrected chi connectivity index (χ2v) is 6.08. The molecular formula is C14H33NO5S. The molecule has 130 valence electrons. The highest BCUT2D eigenvalue weighted by Crippen LogP contribution is 2.10. The molecule has 0 radical (unpaired) electrons. The first-order valence-electron chi connectivity index (χ1n) is 7.82. The lowest BCUT2D eigenvalue weighted by atomic mass is 10.1. The van der Waals surface area contributed by atoms with Crippen LogP contribution in [0, 0.1) is 0 Å². The minimum atomic E-state index is -3.98. The molecule has 6 nitrogen and oxygen atoms in total. The zero-order valence-corrected chi connectivity index (χ0v) is 14.5. The van der Waals surface area contributed by atoms with Crippen LogP contribution in [0.2, 0.25) is 0 Å². The van der Waals surface area contributed by atoms with Gasteiger partial charge in [-0.2, -0.15) is 8.42 Å². The molecule has 0 bridgehead atoms. The molecule has 7 heteroatoms. The summed E-state index contributed by atoms with van der Waals surface area (Å²) in [5.41, 5.74) is 0. The number of unbranched alkanes of at least 4 members (excludes halogenated alkanes) is 9. The van der Waals surface area contributed by atoms with Gasteiger partial charge in [0.05, 0.1) is 13.2 Å². The second-order valence-electron chi connectivity index (χ2n) is 4.89. The first kappa shape index (κ1) is 23.1. The summed E-state index contributed by atoms with van der Waals surface area (Å²) in [5, 5.41) is 0. The summed E-state index contributed by atoms with van der Waals surface area (Å²) >= 11 is 0. The molecule has 0 rings (SSSR count). The molecule has 0 fully saturated rings. The maximum atomic E-state index is 11.1. The van der Waals surface area contributed by atoms with Crippen molar-refractivity contribution in [2.24, 2.45) is 0 Å². The van der Waals surface area contributed by atoms with E-state index in [0.717, 1.165) is 19.3 Å². The molecule has 0 aromatic heterocycles. The van der Waals surface area contributed by atoms with Crippen LogP contribution in [0.4, 0.5) is 0 Å². The number of hydrogen-bond acceptors (Lipinski definition) is 6. The molecule has 0 aromatic carbocycles. The van der Waals surface area contributed by atoms with Gasteiger partial charge in [-0.25, -0.2) is 9.07 Å². The van der Waals surface area contributed by atoms with E-state index in [9.17, 15) is 8.42 Å². The van der Waals surface area contributed by atoms with E-state index in [1.165, 1.54) is 44.9 Å². The highest BCUT2D eigenvalue weighted by Gasteiger charge is 2.12. The molecule has 0 aliphatic carbocycles. The van der Waals surface area contributed by atoms with Crippen LogP contribution in [0.25, 0.3) is 0 Å². The van der Waals surface area contributed by atoms with Gasteiger partial charge in [0.1, 0.15) is 0 Å². The van der Waals surface area contributed by atoms with E-state index in [4.69, 9.17) is 0 Å². The monoisotopic (exact) mass is 327 g/mol. The summed E-state index contributed by atoms with van der Waals surface area (Å²) in [4.78, 5) is 4.34. The lowest BCUT2D eigenvalue weighted by molar-refractivity contribution is -0.205. The highest BCUT2D eigenvalue weighted by molar-refractivity contribution is 7.81. The molecule has 3 N–H and O–H groups in total. The van der Waals surface area contributed by atoms with E-state index in [1.807, 2.05) is 0 Å². The average molecular weight is 327 g/mol. The fourth-order valence-electron chi connectivity index (χ4n) is 1.88. The molecule has 0 aliphatic heterocycles.